The molecule has 2 aromatic carbocycles. The van der Waals surface area contributed by atoms with Gasteiger partial charge in [-0.3, -0.25) is 4.79 Å². The summed E-state index contributed by atoms with van der Waals surface area (Å²) in [5.41, 5.74) is 3.82. The van der Waals surface area contributed by atoms with Gasteiger partial charge in [-0.15, -0.1) is 11.8 Å². The number of rotatable bonds is 8. The van der Waals surface area contributed by atoms with Gasteiger partial charge in [0, 0.05) is 28.3 Å². The molecule has 1 aromatic heterocycles. The number of carboxylic acids is 1. The van der Waals surface area contributed by atoms with E-state index in [9.17, 15) is 18.0 Å². The van der Waals surface area contributed by atoms with E-state index < -0.39 is 17.7 Å². The van der Waals surface area contributed by atoms with Crippen LogP contribution in [0.25, 0.3) is 5.69 Å². The highest BCUT2D eigenvalue weighted by molar-refractivity contribution is 7.99. The summed E-state index contributed by atoms with van der Waals surface area (Å²) in [6.07, 6.45) is -1.88. The Morgan fingerprint density at radius 1 is 1.12 bits per heavy atom. The van der Waals surface area contributed by atoms with E-state index in [1.165, 1.54) is 12.1 Å². The highest BCUT2D eigenvalue weighted by atomic mass is 32.2. The zero-order valence-corrected chi connectivity index (χ0v) is 19.8. The molecule has 1 heterocycles. The monoisotopic (exact) mass is 476 g/mol. The molecule has 33 heavy (non-hydrogen) atoms. The second-order valence-corrected chi connectivity index (χ2v) is 9.64. The SMILES string of the molecule is Cc1cc(SC(c2cn(-c3ccc(C(F)(F)F)cc3)nc2C)C(C)C)ccc1CCC(=O)O. The lowest BCUT2D eigenvalue weighted by Gasteiger charge is -2.20. The van der Waals surface area contributed by atoms with Gasteiger partial charge >= 0.3 is 12.1 Å². The van der Waals surface area contributed by atoms with Gasteiger partial charge in [0.1, 0.15) is 0 Å². The quantitative estimate of drug-likeness (QED) is 0.355. The second-order valence-electron chi connectivity index (χ2n) is 8.42. The summed E-state index contributed by atoms with van der Waals surface area (Å²) in [5, 5.41) is 13.6. The van der Waals surface area contributed by atoms with E-state index in [0.717, 1.165) is 39.4 Å². The Kier molecular flexibility index (Phi) is 7.57. The first kappa shape index (κ1) is 24.9. The number of aliphatic carboxylic acids is 1. The van der Waals surface area contributed by atoms with Crippen molar-refractivity contribution in [2.45, 2.75) is 56.9 Å². The van der Waals surface area contributed by atoms with Crippen LogP contribution >= 0.6 is 11.8 Å². The second kappa shape index (κ2) is 10.0. The molecule has 0 amide bonds. The zero-order chi connectivity index (χ0) is 24.3. The lowest BCUT2D eigenvalue weighted by Crippen LogP contribution is -2.05. The van der Waals surface area contributed by atoms with Crippen LogP contribution in [0.15, 0.2) is 53.6 Å². The topological polar surface area (TPSA) is 55.1 Å². The molecule has 3 aromatic rings. The normalized spacial score (nSPS) is 12.8. The molecule has 0 fully saturated rings. The number of aromatic nitrogens is 2. The number of carbonyl (C=O) groups is 1. The first-order chi connectivity index (χ1) is 15.5. The van der Waals surface area contributed by atoms with Gasteiger partial charge in [0.05, 0.1) is 16.9 Å². The summed E-state index contributed by atoms with van der Waals surface area (Å²) >= 11 is 1.71. The summed E-state index contributed by atoms with van der Waals surface area (Å²) in [7, 11) is 0. The van der Waals surface area contributed by atoms with E-state index >= 15 is 0 Å². The van der Waals surface area contributed by atoms with Gasteiger partial charge in [-0.25, -0.2) is 4.68 Å². The Morgan fingerprint density at radius 3 is 2.33 bits per heavy atom. The van der Waals surface area contributed by atoms with E-state index in [0.29, 0.717) is 12.1 Å². The molecule has 0 saturated carbocycles. The number of nitrogens with zero attached hydrogens (tertiary/aromatic N) is 2. The summed E-state index contributed by atoms with van der Waals surface area (Å²) in [6, 6.07) is 11.1. The molecule has 4 nitrogen and oxygen atoms in total. The molecule has 0 spiro atoms. The van der Waals surface area contributed by atoms with Gasteiger partial charge in [0.15, 0.2) is 0 Å². The van der Waals surface area contributed by atoms with Crippen molar-refractivity contribution in [2.75, 3.05) is 0 Å². The predicted octanol–water partition coefficient (Wildman–Crippen LogP) is 7.01. The van der Waals surface area contributed by atoms with E-state index in [4.69, 9.17) is 5.11 Å². The molecule has 176 valence electrons. The van der Waals surface area contributed by atoms with Gasteiger partial charge < -0.3 is 5.11 Å². The van der Waals surface area contributed by atoms with E-state index in [-0.39, 0.29) is 17.6 Å². The number of carboxylic acid groups (broad SMARTS) is 1. The highest BCUT2D eigenvalue weighted by Crippen LogP contribution is 2.42. The highest BCUT2D eigenvalue weighted by Gasteiger charge is 2.30. The van der Waals surface area contributed by atoms with Crippen molar-refractivity contribution in [2.24, 2.45) is 5.92 Å². The third-order valence-corrected chi connectivity index (χ3v) is 7.07. The molecular weight excluding hydrogens is 449 g/mol. The molecule has 0 aliphatic heterocycles. The molecule has 0 saturated heterocycles. The summed E-state index contributed by atoms with van der Waals surface area (Å²) in [5.74, 6) is -0.529. The maximum atomic E-state index is 12.9. The lowest BCUT2D eigenvalue weighted by molar-refractivity contribution is -0.138. The molecule has 1 unspecified atom stereocenters. The number of benzene rings is 2. The zero-order valence-electron chi connectivity index (χ0n) is 19.0. The van der Waals surface area contributed by atoms with Crippen LogP contribution in [0.2, 0.25) is 0 Å². The van der Waals surface area contributed by atoms with E-state index in [2.05, 4.69) is 25.0 Å². The minimum absolute atomic E-state index is 0.0949. The van der Waals surface area contributed by atoms with Crippen LogP contribution in [0.1, 0.15) is 53.5 Å². The minimum Gasteiger partial charge on any atom is -0.481 e. The fourth-order valence-corrected chi connectivity index (χ4v) is 4.97. The minimum atomic E-state index is -4.37. The Morgan fingerprint density at radius 2 is 1.79 bits per heavy atom. The van der Waals surface area contributed by atoms with Crippen molar-refractivity contribution < 1.29 is 23.1 Å². The van der Waals surface area contributed by atoms with Gasteiger partial charge in [-0.1, -0.05) is 19.9 Å². The largest absolute Gasteiger partial charge is 0.481 e. The average Bonchev–Trinajstić information content (AvgIpc) is 3.11. The van der Waals surface area contributed by atoms with Gasteiger partial charge in [-0.05, 0) is 73.7 Å². The fraction of sp³-hybridized carbons (Fsp3) is 0.360. The first-order valence-electron chi connectivity index (χ1n) is 10.7. The summed E-state index contributed by atoms with van der Waals surface area (Å²) in [4.78, 5) is 11.9. The van der Waals surface area contributed by atoms with Crippen LogP contribution in [0.5, 0.6) is 0 Å². The van der Waals surface area contributed by atoms with Crippen LogP contribution in [-0.4, -0.2) is 20.9 Å². The van der Waals surface area contributed by atoms with Gasteiger partial charge in [0.2, 0.25) is 0 Å². The van der Waals surface area contributed by atoms with Crippen LogP contribution in [0.3, 0.4) is 0 Å². The van der Waals surface area contributed by atoms with Crippen LogP contribution in [0.4, 0.5) is 13.2 Å². The molecular formula is C25H27F3N2O2S. The third kappa shape index (κ3) is 6.19. The maximum absolute atomic E-state index is 12.9. The predicted molar refractivity (Wildman–Crippen MR) is 124 cm³/mol. The standard InChI is InChI=1S/C25H27F3N2O2S/c1-15(2)24(33-21-11-5-18(16(3)13-21)6-12-23(31)32)22-14-30(29-17(22)4)20-9-7-19(8-10-20)25(26,27)28/h5,7-11,13-15,24H,6,12H2,1-4H3,(H,31,32). The first-order valence-corrected chi connectivity index (χ1v) is 11.6. The summed E-state index contributed by atoms with van der Waals surface area (Å²) in [6.45, 7) is 8.15. The molecule has 0 aliphatic rings. The van der Waals surface area contributed by atoms with E-state index in [1.807, 2.05) is 32.2 Å². The van der Waals surface area contributed by atoms with Gasteiger partial charge in [-0.2, -0.15) is 18.3 Å². The molecule has 3 rings (SSSR count). The van der Waals surface area contributed by atoms with E-state index in [1.54, 1.807) is 16.4 Å². The third-order valence-electron chi connectivity index (χ3n) is 5.49. The number of alkyl halides is 3. The van der Waals surface area contributed by atoms with Crippen LogP contribution in [0, 0.1) is 19.8 Å². The molecule has 0 aliphatic carbocycles. The molecule has 8 heteroatoms. The van der Waals surface area contributed by atoms with Crippen molar-refractivity contribution in [1.29, 1.82) is 0 Å². The molecule has 0 radical (unpaired) electrons. The molecule has 1 atom stereocenters. The molecule has 0 bridgehead atoms. The summed E-state index contributed by atoms with van der Waals surface area (Å²) < 4.78 is 40.2. The lowest BCUT2D eigenvalue weighted by atomic mass is 10.0. The Hall–Kier alpha value is -2.74. The molecule has 1 N–H and O–H groups in total. The van der Waals surface area contributed by atoms with Gasteiger partial charge in [0.25, 0.3) is 0 Å². The smallest absolute Gasteiger partial charge is 0.416 e. The number of aryl methyl sites for hydroxylation is 3. The Labute approximate surface area is 195 Å². The van der Waals surface area contributed by atoms with Crippen molar-refractivity contribution in [3.05, 3.63) is 76.6 Å². The number of thioether (sulfide) groups is 1. The Balaban J connectivity index is 1.84. The van der Waals surface area contributed by atoms with Crippen LogP contribution in [-0.2, 0) is 17.4 Å². The maximum Gasteiger partial charge on any atom is 0.416 e. The number of hydrogen-bond acceptors (Lipinski definition) is 3. The van der Waals surface area contributed by atoms with Crippen molar-refractivity contribution in [3.8, 4) is 5.69 Å². The van der Waals surface area contributed by atoms with Crippen molar-refractivity contribution >= 4 is 17.7 Å². The van der Waals surface area contributed by atoms with Crippen LogP contribution < -0.4 is 0 Å². The van der Waals surface area contributed by atoms with Crippen molar-refractivity contribution in [1.82, 2.24) is 9.78 Å². The van der Waals surface area contributed by atoms with Crippen molar-refractivity contribution in [3.63, 3.8) is 0 Å². The Bertz CT molecular complexity index is 1120. The fourth-order valence-electron chi connectivity index (χ4n) is 3.66. The number of halogens is 3. The average molecular weight is 477 g/mol. The number of hydrogen-bond donors (Lipinski definition) is 1.